The number of nitrogens with two attached hydrogens (primary N) is 2. The number of carbonyl (C=O) groups excluding carboxylic acids is 10. The van der Waals surface area contributed by atoms with Crippen LogP contribution in [-0.2, 0) is 67.2 Å². The number of amides is 10. The van der Waals surface area contributed by atoms with Crippen LogP contribution in [-0.4, -0.2) is 176 Å². The van der Waals surface area contributed by atoms with E-state index in [4.69, 9.17) is 11.5 Å². The molecule has 9 atom stereocenters. The predicted octanol–water partition coefficient (Wildman–Crippen LogP) is -1.44. The van der Waals surface area contributed by atoms with E-state index >= 15 is 0 Å². The van der Waals surface area contributed by atoms with Gasteiger partial charge in [-0.05, 0) is 93.0 Å². The predicted molar refractivity (Wildman–Crippen MR) is 320 cm³/mol. The van der Waals surface area contributed by atoms with E-state index in [9.17, 15) is 58.2 Å². The third-order valence-corrected chi connectivity index (χ3v) is 14.9. The lowest BCUT2D eigenvalue weighted by molar-refractivity contribution is -0.142. The first-order chi connectivity index (χ1) is 41.5. The number of rotatable bonds is 32. The van der Waals surface area contributed by atoms with Crippen molar-refractivity contribution in [2.24, 2.45) is 28.3 Å². The molecule has 0 aliphatic carbocycles. The Kier molecular flexibility index (Phi) is 25.0. The van der Waals surface area contributed by atoms with Crippen LogP contribution in [0.25, 0.3) is 10.9 Å². The third-order valence-electron chi connectivity index (χ3n) is 14.9. The number of guanidine groups is 1. The number of para-hydroxylation sites is 1. The summed E-state index contributed by atoms with van der Waals surface area (Å²) in [6.45, 7) is 8.82. The average Bonchev–Trinajstić information content (AvgIpc) is 2.39. The number of aliphatic hydroxyl groups excluding tert-OH is 1. The van der Waals surface area contributed by atoms with Crippen molar-refractivity contribution in [2.75, 3.05) is 26.2 Å². The number of likely N-dealkylation sites (N-methyl/N-ethyl adjacent to an activating group) is 1. The number of aliphatic imine (C=N–C) groups is 1. The number of H-pyrrole nitrogens is 2. The average molecular weight is 1210 g/mol. The van der Waals surface area contributed by atoms with Gasteiger partial charge in [-0.1, -0.05) is 58.0 Å². The van der Waals surface area contributed by atoms with Gasteiger partial charge in [0.15, 0.2) is 5.96 Å². The normalized spacial score (nSPS) is 17.1. The highest BCUT2D eigenvalue weighted by Crippen LogP contribution is 2.22. The Bertz CT molecular complexity index is 3050. The van der Waals surface area contributed by atoms with Crippen LogP contribution in [0.2, 0.25) is 0 Å². The van der Waals surface area contributed by atoms with E-state index in [0.29, 0.717) is 41.6 Å². The Morgan fingerprint density at radius 2 is 1.28 bits per heavy atom. The van der Waals surface area contributed by atoms with Gasteiger partial charge in [-0.3, -0.25) is 52.9 Å². The molecule has 4 heterocycles. The van der Waals surface area contributed by atoms with Gasteiger partial charge in [0, 0.05) is 74.3 Å². The number of hydrogen-bond donors (Lipinski definition) is 15. The molecular formula is C59H84N16O12. The summed E-state index contributed by atoms with van der Waals surface area (Å²) in [4.78, 5) is 155. The SMILES string of the molecule is CCNC(=O)[C@@H]1CCCN1C(=O)[C@H](CCCN=C(N)N)NC(=O)[C@@H](CC(C)C)NC(=O)[C@@H](CC(C)C)NC(=O)[C@H](Cc1ccc(O)cc1)NC(=O)[C@H](CO)NC(=O)[C@H](Cc1c[nH]c2ccccc12)NC(=O)[C@H](Cc1cnc[nH]1)NC(=O)[C@@H]1CCC(=O)N1. The van der Waals surface area contributed by atoms with Crippen molar-refractivity contribution in [1.29, 1.82) is 0 Å². The van der Waals surface area contributed by atoms with Gasteiger partial charge in [0.05, 0.1) is 12.9 Å². The quantitative estimate of drug-likeness (QED) is 0.0151. The van der Waals surface area contributed by atoms with E-state index < -0.39 is 108 Å². The van der Waals surface area contributed by atoms with Crippen molar-refractivity contribution in [3.05, 3.63) is 84.1 Å². The molecule has 2 aliphatic rings. The summed E-state index contributed by atoms with van der Waals surface area (Å²) in [6, 6.07) is 1.58. The van der Waals surface area contributed by atoms with Crippen LogP contribution >= 0.6 is 0 Å². The van der Waals surface area contributed by atoms with Gasteiger partial charge in [-0.15, -0.1) is 0 Å². The van der Waals surface area contributed by atoms with Gasteiger partial charge in [0.2, 0.25) is 59.1 Å². The van der Waals surface area contributed by atoms with Crippen LogP contribution in [0.4, 0.5) is 0 Å². The van der Waals surface area contributed by atoms with Gasteiger partial charge in [0.1, 0.15) is 60.1 Å². The topological polar surface area (TPSA) is 432 Å². The molecule has 4 aromatic rings. The largest absolute Gasteiger partial charge is 0.508 e. The molecule has 6 rings (SSSR count). The van der Waals surface area contributed by atoms with E-state index in [-0.39, 0.29) is 106 Å². The molecule has 0 spiro atoms. The first kappa shape index (κ1) is 67.1. The maximum atomic E-state index is 14.7. The summed E-state index contributed by atoms with van der Waals surface area (Å²) in [7, 11) is 0. The second-order valence-electron chi connectivity index (χ2n) is 22.8. The zero-order valence-corrected chi connectivity index (χ0v) is 49.8. The Balaban J connectivity index is 1.22. The minimum Gasteiger partial charge on any atom is -0.508 e. The van der Waals surface area contributed by atoms with Crippen LogP contribution in [0.1, 0.15) is 103 Å². The number of nitrogens with one attached hydrogen (secondary N) is 11. The van der Waals surface area contributed by atoms with E-state index in [0.717, 1.165) is 5.52 Å². The number of aliphatic hydroxyl groups is 1. The van der Waals surface area contributed by atoms with Crippen molar-refractivity contribution >= 4 is 75.9 Å². The minimum absolute atomic E-state index is 0.0397. The molecule has 28 heteroatoms. The third kappa shape index (κ3) is 20.0. The Morgan fingerprint density at radius 3 is 1.85 bits per heavy atom. The zero-order valence-electron chi connectivity index (χ0n) is 49.8. The van der Waals surface area contributed by atoms with Gasteiger partial charge in [-0.25, -0.2) is 4.98 Å². The number of imidazole rings is 1. The lowest BCUT2D eigenvalue weighted by Crippen LogP contribution is -2.61. The maximum absolute atomic E-state index is 14.7. The smallest absolute Gasteiger partial charge is 0.245 e. The molecule has 472 valence electrons. The molecule has 17 N–H and O–H groups in total. The van der Waals surface area contributed by atoms with E-state index in [1.807, 2.05) is 19.9 Å². The van der Waals surface area contributed by atoms with Gasteiger partial charge >= 0.3 is 0 Å². The summed E-state index contributed by atoms with van der Waals surface area (Å²) in [5, 5.41) is 45.9. The highest BCUT2D eigenvalue weighted by molar-refractivity contribution is 5.99. The fraction of sp³-hybridized carbons (Fsp3) is 0.525. The summed E-state index contributed by atoms with van der Waals surface area (Å²) in [6.07, 6.45) is 5.80. The first-order valence-corrected chi connectivity index (χ1v) is 29.5. The van der Waals surface area contributed by atoms with Crippen molar-refractivity contribution < 1.29 is 58.2 Å². The highest BCUT2D eigenvalue weighted by atomic mass is 16.3. The van der Waals surface area contributed by atoms with Crippen molar-refractivity contribution in [1.82, 2.24) is 67.7 Å². The summed E-state index contributed by atoms with van der Waals surface area (Å²) >= 11 is 0. The fourth-order valence-corrected chi connectivity index (χ4v) is 10.5. The molecule has 0 bridgehead atoms. The molecule has 0 saturated carbocycles. The maximum Gasteiger partial charge on any atom is 0.245 e. The zero-order chi connectivity index (χ0) is 63.3. The lowest BCUT2D eigenvalue weighted by Gasteiger charge is -2.31. The fourth-order valence-electron chi connectivity index (χ4n) is 10.5. The highest BCUT2D eigenvalue weighted by Gasteiger charge is 2.40. The van der Waals surface area contributed by atoms with Crippen LogP contribution in [0, 0.1) is 11.8 Å². The van der Waals surface area contributed by atoms with Gasteiger partial charge in [0.25, 0.3) is 0 Å². The van der Waals surface area contributed by atoms with Crippen LogP contribution in [0.5, 0.6) is 5.75 Å². The first-order valence-electron chi connectivity index (χ1n) is 29.5. The Morgan fingerprint density at radius 1 is 0.701 bits per heavy atom. The van der Waals surface area contributed by atoms with Crippen molar-refractivity contribution in [3.8, 4) is 5.75 Å². The molecule has 2 aromatic heterocycles. The number of likely N-dealkylation sites (tertiary alicyclic amines) is 1. The lowest BCUT2D eigenvalue weighted by atomic mass is 9.98. The minimum atomic E-state index is -1.75. The standard InChI is InChI=1S/C59H84N16O12/c1-6-63-57(86)48-14-10-22-75(48)58(87)41(13-9-21-64-59(60)61)68-51(80)42(23-32(2)3)69-52(81)43(24-33(4)5)70-53(82)44(25-34-15-17-37(77)18-16-34)71-56(85)47(30-76)74-54(83)45(26-35-28-65-39-12-8-7-11-38(35)39)72-55(84)46(27-36-29-62-31-66-36)73-50(79)40-19-20-49(78)67-40/h7-8,11-12,15-18,28-29,31-33,40-48,65,76-77H,6,9-10,13-14,19-27,30H2,1-5H3,(H,62,66)(H,63,86)(H,67,78)(H,68,80)(H,69,81)(H,70,82)(H,71,85)(H,72,84)(H,73,79)(H,74,83)(H4,60,61,64)/t40-,41-,42+,43+,44-,45-,46-,47-,48-/m0/s1. The van der Waals surface area contributed by atoms with E-state index in [2.05, 4.69) is 67.8 Å². The van der Waals surface area contributed by atoms with Gasteiger partial charge in [-0.2, -0.15) is 0 Å². The second-order valence-corrected chi connectivity index (χ2v) is 22.8. The second kappa shape index (κ2) is 32.4. The van der Waals surface area contributed by atoms with Gasteiger partial charge < -0.3 is 84.4 Å². The molecule has 2 aliphatic heterocycles. The number of aromatic nitrogens is 3. The number of fused-ring (bicyclic) bond motifs is 1. The number of carbonyl (C=O) groups is 10. The molecule has 10 amide bonds. The number of aromatic hydroxyl groups is 1. The number of phenolic OH excluding ortho intramolecular Hbond substituents is 1. The molecule has 87 heavy (non-hydrogen) atoms. The van der Waals surface area contributed by atoms with Crippen molar-refractivity contribution in [2.45, 2.75) is 160 Å². The summed E-state index contributed by atoms with van der Waals surface area (Å²) < 4.78 is 0. The van der Waals surface area contributed by atoms with Crippen molar-refractivity contribution in [3.63, 3.8) is 0 Å². The monoisotopic (exact) mass is 1210 g/mol. The van der Waals surface area contributed by atoms with Crippen LogP contribution in [0.15, 0.2) is 72.2 Å². The van der Waals surface area contributed by atoms with Crippen LogP contribution in [0.3, 0.4) is 0 Å². The Hall–Kier alpha value is -9.08. The number of benzene rings is 2. The number of phenols is 1. The van der Waals surface area contributed by atoms with E-state index in [1.165, 1.54) is 41.7 Å². The molecule has 28 nitrogen and oxygen atoms in total. The van der Waals surface area contributed by atoms with Crippen LogP contribution < -0.4 is 59.3 Å². The molecular weight excluding hydrogens is 1120 g/mol. The molecule has 2 aromatic carbocycles. The van der Waals surface area contributed by atoms with E-state index in [1.54, 1.807) is 45.2 Å². The number of hydrogen-bond acceptors (Lipinski definition) is 14. The summed E-state index contributed by atoms with van der Waals surface area (Å²) in [5.74, 6) is -7.55. The molecule has 0 radical (unpaired) electrons. The number of aromatic amines is 2. The molecule has 2 saturated heterocycles. The molecule has 2 fully saturated rings. The molecule has 0 unspecified atom stereocenters. The number of nitrogens with zero attached hydrogens (tertiary/aromatic N) is 3. The Labute approximate surface area is 504 Å². The summed E-state index contributed by atoms with van der Waals surface area (Å²) in [5.41, 5.74) is 13.3.